The van der Waals surface area contributed by atoms with Gasteiger partial charge in [0.05, 0.1) is 23.6 Å². The molecule has 0 unspecified atom stereocenters. The summed E-state index contributed by atoms with van der Waals surface area (Å²) in [4.78, 5) is 37.0. The maximum absolute atomic E-state index is 12.3. The van der Waals surface area contributed by atoms with Crippen LogP contribution in [0.3, 0.4) is 0 Å². The fourth-order valence-electron chi connectivity index (χ4n) is 2.23. The molecule has 0 radical (unpaired) electrons. The van der Waals surface area contributed by atoms with Gasteiger partial charge in [-0.3, -0.25) is 14.5 Å². The van der Waals surface area contributed by atoms with Crippen molar-refractivity contribution in [2.24, 2.45) is 0 Å². The van der Waals surface area contributed by atoms with Crippen molar-refractivity contribution in [2.75, 3.05) is 26.9 Å². The number of hydrogen-bond donors (Lipinski definition) is 0. The van der Waals surface area contributed by atoms with Crippen molar-refractivity contribution in [1.82, 2.24) is 4.90 Å². The van der Waals surface area contributed by atoms with Crippen molar-refractivity contribution in [2.45, 2.75) is 6.92 Å². The van der Waals surface area contributed by atoms with Crippen LogP contribution in [0.5, 0.6) is 11.5 Å². The van der Waals surface area contributed by atoms with Crippen LogP contribution in [-0.4, -0.2) is 48.9 Å². The molecule has 1 aliphatic heterocycles. The van der Waals surface area contributed by atoms with Gasteiger partial charge in [0, 0.05) is 6.54 Å². The molecular formula is C18H18ClNO6S. The molecule has 0 spiro atoms. The number of esters is 1. The zero-order chi connectivity index (χ0) is 20.0. The van der Waals surface area contributed by atoms with E-state index in [-0.39, 0.29) is 46.4 Å². The number of halogens is 1. The molecule has 27 heavy (non-hydrogen) atoms. The maximum Gasteiger partial charge on any atom is 0.344 e. The number of methoxy groups -OCH3 is 1. The number of amides is 2. The van der Waals surface area contributed by atoms with Gasteiger partial charge in [0.25, 0.3) is 11.1 Å². The second-order valence-corrected chi connectivity index (χ2v) is 6.61. The van der Waals surface area contributed by atoms with Crippen molar-refractivity contribution >= 4 is 46.6 Å². The van der Waals surface area contributed by atoms with Gasteiger partial charge in [-0.1, -0.05) is 17.7 Å². The van der Waals surface area contributed by atoms with Gasteiger partial charge in [0.15, 0.2) is 18.1 Å². The third-order valence-corrected chi connectivity index (χ3v) is 4.56. The van der Waals surface area contributed by atoms with Crippen LogP contribution in [0.2, 0.25) is 5.02 Å². The van der Waals surface area contributed by atoms with E-state index in [4.69, 9.17) is 25.8 Å². The Balaban J connectivity index is 2.26. The van der Waals surface area contributed by atoms with Gasteiger partial charge in [-0.25, -0.2) is 4.79 Å². The summed E-state index contributed by atoms with van der Waals surface area (Å²) in [6, 6.07) is 3.14. The lowest BCUT2D eigenvalue weighted by Gasteiger charge is -2.13. The standard InChI is InChI=1S/C18H18ClNO6S/c1-4-6-20-17(22)14(27-18(20)23)9-11-7-12(19)16(13(8-11)24-3)26-10-15(21)25-5-2/h4,7-9H,1,5-6,10H2,2-3H3. The largest absolute Gasteiger partial charge is 0.493 e. The second kappa shape index (κ2) is 9.48. The van der Waals surface area contributed by atoms with E-state index in [0.717, 1.165) is 16.7 Å². The fraction of sp³-hybridized carbons (Fsp3) is 0.278. The summed E-state index contributed by atoms with van der Waals surface area (Å²) in [5, 5.41) is -0.172. The molecule has 1 heterocycles. The van der Waals surface area contributed by atoms with Crippen molar-refractivity contribution in [3.8, 4) is 11.5 Å². The van der Waals surface area contributed by atoms with Gasteiger partial charge >= 0.3 is 5.97 Å². The van der Waals surface area contributed by atoms with Crippen LogP contribution in [0.4, 0.5) is 4.79 Å². The first-order valence-corrected chi connectivity index (χ1v) is 9.12. The van der Waals surface area contributed by atoms with E-state index >= 15 is 0 Å². The molecule has 144 valence electrons. The molecule has 0 atom stereocenters. The predicted octanol–water partition coefficient (Wildman–Crippen LogP) is 3.51. The maximum atomic E-state index is 12.3. The van der Waals surface area contributed by atoms with Crippen LogP contribution in [0.25, 0.3) is 6.08 Å². The van der Waals surface area contributed by atoms with E-state index in [1.54, 1.807) is 19.1 Å². The highest BCUT2D eigenvalue weighted by atomic mass is 35.5. The van der Waals surface area contributed by atoms with Gasteiger partial charge in [-0.2, -0.15) is 0 Å². The first kappa shape index (κ1) is 20.9. The molecule has 7 nitrogen and oxygen atoms in total. The Morgan fingerprint density at radius 1 is 1.37 bits per heavy atom. The third-order valence-electron chi connectivity index (χ3n) is 3.37. The molecule has 1 aromatic rings. The molecule has 1 saturated heterocycles. The van der Waals surface area contributed by atoms with Crippen molar-refractivity contribution < 1.29 is 28.6 Å². The minimum Gasteiger partial charge on any atom is -0.493 e. The number of carbonyl (C=O) groups is 3. The molecule has 1 aromatic carbocycles. The highest BCUT2D eigenvalue weighted by molar-refractivity contribution is 8.18. The molecule has 0 bridgehead atoms. The SMILES string of the molecule is C=CCN1C(=O)SC(=Cc2cc(Cl)c(OCC(=O)OCC)c(OC)c2)C1=O. The quantitative estimate of drug-likeness (QED) is 0.367. The van der Waals surface area contributed by atoms with E-state index in [1.807, 2.05) is 0 Å². The summed E-state index contributed by atoms with van der Waals surface area (Å²) in [5.74, 6) is -0.467. The average molecular weight is 412 g/mol. The Hall–Kier alpha value is -2.45. The highest BCUT2D eigenvalue weighted by Crippen LogP contribution is 2.38. The zero-order valence-electron chi connectivity index (χ0n) is 14.8. The van der Waals surface area contributed by atoms with E-state index in [0.29, 0.717) is 5.56 Å². The van der Waals surface area contributed by atoms with Crippen molar-refractivity contribution in [1.29, 1.82) is 0 Å². The van der Waals surface area contributed by atoms with E-state index < -0.39 is 11.9 Å². The second-order valence-electron chi connectivity index (χ2n) is 5.21. The summed E-state index contributed by atoms with van der Waals surface area (Å²) in [5.41, 5.74) is 0.546. The van der Waals surface area contributed by atoms with Crippen LogP contribution in [0.15, 0.2) is 29.7 Å². The topological polar surface area (TPSA) is 82.1 Å². The molecule has 2 rings (SSSR count). The molecule has 0 N–H and O–H groups in total. The molecule has 9 heteroatoms. The third kappa shape index (κ3) is 5.05. The molecule has 1 fully saturated rings. The normalized spacial score (nSPS) is 15.2. The van der Waals surface area contributed by atoms with Gasteiger partial charge in [0.2, 0.25) is 0 Å². The zero-order valence-corrected chi connectivity index (χ0v) is 16.4. The molecule has 0 saturated carbocycles. The Morgan fingerprint density at radius 2 is 2.11 bits per heavy atom. The number of nitrogens with zero attached hydrogens (tertiary/aromatic N) is 1. The van der Waals surface area contributed by atoms with Crippen molar-refractivity contribution in [3.05, 3.63) is 40.3 Å². The summed E-state index contributed by atoms with van der Waals surface area (Å²) < 4.78 is 15.4. The summed E-state index contributed by atoms with van der Waals surface area (Å²) in [6.07, 6.45) is 3.02. The summed E-state index contributed by atoms with van der Waals surface area (Å²) in [7, 11) is 1.42. The van der Waals surface area contributed by atoms with Crippen LogP contribution in [-0.2, 0) is 14.3 Å². The van der Waals surface area contributed by atoms with Crippen molar-refractivity contribution in [3.63, 3.8) is 0 Å². The number of imide groups is 1. The number of carbonyl (C=O) groups excluding carboxylic acids is 3. The minimum atomic E-state index is -0.532. The van der Waals surface area contributed by atoms with Gasteiger partial charge in [-0.15, -0.1) is 6.58 Å². The lowest BCUT2D eigenvalue weighted by atomic mass is 10.1. The number of thioether (sulfide) groups is 1. The lowest BCUT2D eigenvalue weighted by molar-refractivity contribution is -0.145. The lowest BCUT2D eigenvalue weighted by Crippen LogP contribution is -2.27. The monoisotopic (exact) mass is 411 g/mol. The Labute approximate surface area is 165 Å². The van der Waals surface area contributed by atoms with Gasteiger partial charge in [-0.05, 0) is 42.5 Å². The Bertz CT molecular complexity index is 807. The summed E-state index contributed by atoms with van der Waals surface area (Å²) in [6.45, 7) is 5.30. The number of benzene rings is 1. The minimum absolute atomic E-state index is 0.146. The van der Waals surface area contributed by atoms with Crippen LogP contribution >= 0.6 is 23.4 Å². The molecule has 0 aliphatic carbocycles. The number of hydrogen-bond acceptors (Lipinski definition) is 7. The predicted molar refractivity (Wildman–Crippen MR) is 103 cm³/mol. The number of rotatable bonds is 8. The first-order valence-electron chi connectivity index (χ1n) is 7.93. The smallest absolute Gasteiger partial charge is 0.344 e. The highest BCUT2D eigenvalue weighted by Gasteiger charge is 2.34. The first-order chi connectivity index (χ1) is 12.9. The van der Waals surface area contributed by atoms with E-state index in [1.165, 1.54) is 19.3 Å². The van der Waals surface area contributed by atoms with Crippen LogP contribution in [0, 0.1) is 0 Å². The number of ether oxygens (including phenoxy) is 3. The summed E-state index contributed by atoms with van der Waals surface area (Å²) >= 11 is 7.07. The van der Waals surface area contributed by atoms with Crippen LogP contribution < -0.4 is 9.47 Å². The van der Waals surface area contributed by atoms with E-state index in [9.17, 15) is 14.4 Å². The fourth-order valence-corrected chi connectivity index (χ4v) is 3.36. The van der Waals surface area contributed by atoms with Gasteiger partial charge in [0.1, 0.15) is 0 Å². The average Bonchev–Trinajstić information content (AvgIpc) is 2.88. The van der Waals surface area contributed by atoms with Gasteiger partial charge < -0.3 is 14.2 Å². The molecule has 2 amide bonds. The molecular weight excluding hydrogens is 394 g/mol. The Kier molecular flexibility index (Phi) is 7.32. The molecule has 0 aromatic heterocycles. The van der Waals surface area contributed by atoms with Crippen LogP contribution in [0.1, 0.15) is 12.5 Å². The van der Waals surface area contributed by atoms with E-state index in [2.05, 4.69) is 6.58 Å². The molecule has 1 aliphatic rings. The Morgan fingerprint density at radius 3 is 2.74 bits per heavy atom.